The fraction of sp³-hybridized carbons (Fsp3) is 0.750. The molecule has 1 aromatic heterocycles. The van der Waals surface area contributed by atoms with Crippen molar-refractivity contribution >= 4 is 11.8 Å². The van der Waals surface area contributed by atoms with E-state index in [4.69, 9.17) is 0 Å². The van der Waals surface area contributed by atoms with E-state index < -0.39 is 0 Å². The SMILES string of the molecule is Cc1ncn(CC(=O)N2CC[C@@]3(CCCN(CC4CCC4)C3=O)C2)c1C. The summed E-state index contributed by atoms with van der Waals surface area (Å²) in [5.41, 5.74) is 1.68. The summed E-state index contributed by atoms with van der Waals surface area (Å²) >= 11 is 0. The zero-order chi connectivity index (χ0) is 18.3. The third-order valence-corrected chi connectivity index (χ3v) is 6.88. The molecule has 0 radical (unpaired) electrons. The highest BCUT2D eigenvalue weighted by Crippen LogP contribution is 2.41. The minimum Gasteiger partial charge on any atom is -0.342 e. The van der Waals surface area contributed by atoms with Gasteiger partial charge in [0.1, 0.15) is 6.54 Å². The number of hydrogen-bond acceptors (Lipinski definition) is 3. The Morgan fingerprint density at radius 1 is 1.23 bits per heavy atom. The number of carbonyl (C=O) groups is 2. The van der Waals surface area contributed by atoms with Crippen LogP contribution in [0, 0.1) is 25.2 Å². The van der Waals surface area contributed by atoms with Crippen LogP contribution < -0.4 is 0 Å². The van der Waals surface area contributed by atoms with Crippen LogP contribution in [0.3, 0.4) is 0 Å². The van der Waals surface area contributed by atoms with Crippen LogP contribution in [-0.4, -0.2) is 57.3 Å². The predicted molar refractivity (Wildman–Crippen MR) is 98.5 cm³/mol. The molecule has 0 aromatic carbocycles. The first-order chi connectivity index (χ1) is 12.5. The zero-order valence-electron chi connectivity index (χ0n) is 16.0. The van der Waals surface area contributed by atoms with E-state index in [-0.39, 0.29) is 11.3 Å². The van der Waals surface area contributed by atoms with Gasteiger partial charge in [-0.05, 0) is 51.9 Å². The molecule has 0 bridgehead atoms. The lowest BCUT2D eigenvalue weighted by molar-refractivity contribution is -0.147. The van der Waals surface area contributed by atoms with Gasteiger partial charge in [-0.1, -0.05) is 6.42 Å². The van der Waals surface area contributed by atoms with Gasteiger partial charge in [0.05, 0.1) is 17.4 Å². The van der Waals surface area contributed by atoms with E-state index in [1.165, 1.54) is 19.3 Å². The molecule has 1 spiro atoms. The van der Waals surface area contributed by atoms with Gasteiger partial charge >= 0.3 is 0 Å². The number of rotatable bonds is 4. The number of likely N-dealkylation sites (tertiary alicyclic amines) is 2. The normalized spacial score (nSPS) is 26.6. The molecular formula is C20H30N4O2. The molecule has 6 nitrogen and oxygen atoms in total. The van der Waals surface area contributed by atoms with Crippen LogP contribution >= 0.6 is 0 Å². The first-order valence-electron chi connectivity index (χ1n) is 10.0. The minimum atomic E-state index is -0.322. The Kier molecular flexibility index (Phi) is 4.53. The molecular weight excluding hydrogens is 328 g/mol. The number of carbonyl (C=O) groups excluding carboxylic acids is 2. The molecule has 0 N–H and O–H groups in total. The minimum absolute atomic E-state index is 0.103. The van der Waals surface area contributed by atoms with Crippen LogP contribution in [0.1, 0.15) is 49.9 Å². The largest absolute Gasteiger partial charge is 0.342 e. The highest BCUT2D eigenvalue weighted by molar-refractivity contribution is 5.86. The maximum absolute atomic E-state index is 13.2. The Labute approximate surface area is 155 Å². The van der Waals surface area contributed by atoms with Gasteiger partial charge in [-0.15, -0.1) is 0 Å². The van der Waals surface area contributed by atoms with Gasteiger partial charge in [0.25, 0.3) is 0 Å². The highest BCUT2D eigenvalue weighted by atomic mass is 16.2. The summed E-state index contributed by atoms with van der Waals surface area (Å²) < 4.78 is 1.91. The molecule has 1 saturated carbocycles. The van der Waals surface area contributed by atoms with Crippen molar-refractivity contribution in [3.63, 3.8) is 0 Å². The van der Waals surface area contributed by atoms with E-state index in [2.05, 4.69) is 9.88 Å². The van der Waals surface area contributed by atoms with E-state index in [0.29, 0.717) is 31.5 Å². The second-order valence-corrected chi connectivity index (χ2v) is 8.54. The van der Waals surface area contributed by atoms with Crippen molar-refractivity contribution < 1.29 is 9.59 Å². The van der Waals surface area contributed by atoms with Crippen molar-refractivity contribution in [2.45, 2.75) is 58.9 Å². The molecule has 2 aliphatic heterocycles. The molecule has 2 amide bonds. The Morgan fingerprint density at radius 2 is 2.04 bits per heavy atom. The molecule has 3 fully saturated rings. The average molecular weight is 358 g/mol. The van der Waals surface area contributed by atoms with E-state index in [0.717, 1.165) is 43.7 Å². The van der Waals surface area contributed by atoms with Crippen molar-refractivity contribution in [2.24, 2.45) is 11.3 Å². The van der Waals surface area contributed by atoms with Gasteiger partial charge < -0.3 is 14.4 Å². The van der Waals surface area contributed by atoms with Crippen LogP contribution in [0.5, 0.6) is 0 Å². The van der Waals surface area contributed by atoms with Crippen LogP contribution in [0.25, 0.3) is 0 Å². The Bertz CT molecular complexity index is 709. The quantitative estimate of drug-likeness (QED) is 0.829. The molecule has 3 aliphatic rings. The smallest absolute Gasteiger partial charge is 0.242 e. The fourth-order valence-corrected chi connectivity index (χ4v) is 4.73. The van der Waals surface area contributed by atoms with Crippen LogP contribution in [-0.2, 0) is 16.1 Å². The van der Waals surface area contributed by atoms with Gasteiger partial charge in [0.15, 0.2) is 0 Å². The molecule has 6 heteroatoms. The van der Waals surface area contributed by atoms with E-state index in [9.17, 15) is 9.59 Å². The average Bonchev–Trinajstić information content (AvgIpc) is 3.15. The molecule has 2 saturated heterocycles. The van der Waals surface area contributed by atoms with Gasteiger partial charge in [-0.2, -0.15) is 0 Å². The number of aryl methyl sites for hydroxylation is 1. The molecule has 3 heterocycles. The van der Waals surface area contributed by atoms with Crippen molar-refractivity contribution in [1.29, 1.82) is 0 Å². The lowest BCUT2D eigenvalue weighted by atomic mass is 9.77. The standard InChI is InChI=1S/C20H30N4O2/c1-15-16(2)24(14-21-15)12-18(25)23-10-8-20(13-23)7-4-9-22(19(20)26)11-17-5-3-6-17/h14,17H,3-13H2,1-2H3/t20-/m0/s1. The van der Waals surface area contributed by atoms with E-state index in [1.807, 2.05) is 23.3 Å². The number of amides is 2. The molecule has 1 aliphatic carbocycles. The molecule has 1 aromatic rings. The molecule has 26 heavy (non-hydrogen) atoms. The fourth-order valence-electron chi connectivity index (χ4n) is 4.73. The van der Waals surface area contributed by atoms with Gasteiger partial charge in [0, 0.05) is 31.9 Å². The first-order valence-corrected chi connectivity index (χ1v) is 10.0. The summed E-state index contributed by atoms with van der Waals surface area (Å²) in [6.07, 6.45) is 8.41. The number of aromatic nitrogens is 2. The van der Waals surface area contributed by atoms with E-state index in [1.54, 1.807) is 6.33 Å². The molecule has 4 rings (SSSR count). The molecule has 142 valence electrons. The second kappa shape index (κ2) is 6.71. The monoisotopic (exact) mass is 358 g/mol. The number of nitrogens with zero attached hydrogens (tertiary/aromatic N) is 4. The predicted octanol–water partition coefficient (Wildman–Crippen LogP) is 2.14. The van der Waals surface area contributed by atoms with Crippen molar-refractivity contribution in [3.05, 3.63) is 17.7 Å². The number of imidazole rings is 1. The topological polar surface area (TPSA) is 58.4 Å². The summed E-state index contributed by atoms with van der Waals surface area (Å²) in [6.45, 7) is 7.40. The van der Waals surface area contributed by atoms with Gasteiger partial charge in [-0.3, -0.25) is 9.59 Å². The van der Waals surface area contributed by atoms with Crippen LogP contribution in [0.15, 0.2) is 6.33 Å². The molecule has 0 unspecified atom stereocenters. The highest BCUT2D eigenvalue weighted by Gasteiger charge is 2.49. The summed E-state index contributed by atoms with van der Waals surface area (Å²) in [5.74, 6) is 1.12. The summed E-state index contributed by atoms with van der Waals surface area (Å²) in [7, 11) is 0. The third-order valence-electron chi connectivity index (χ3n) is 6.88. The maximum atomic E-state index is 13.2. The number of hydrogen-bond donors (Lipinski definition) is 0. The van der Waals surface area contributed by atoms with Crippen molar-refractivity contribution in [1.82, 2.24) is 19.4 Å². The van der Waals surface area contributed by atoms with E-state index >= 15 is 0 Å². The summed E-state index contributed by atoms with van der Waals surface area (Å²) in [5, 5.41) is 0. The summed E-state index contributed by atoms with van der Waals surface area (Å²) in [6, 6.07) is 0. The van der Waals surface area contributed by atoms with Crippen LogP contribution in [0.2, 0.25) is 0 Å². The van der Waals surface area contributed by atoms with Gasteiger partial charge in [0.2, 0.25) is 11.8 Å². The van der Waals surface area contributed by atoms with Crippen LogP contribution in [0.4, 0.5) is 0 Å². The summed E-state index contributed by atoms with van der Waals surface area (Å²) in [4.78, 5) is 34.2. The van der Waals surface area contributed by atoms with Crippen molar-refractivity contribution in [3.8, 4) is 0 Å². The first kappa shape index (κ1) is 17.6. The van der Waals surface area contributed by atoms with Gasteiger partial charge in [-0.25, -0.2) is 4.98 Å². The zero-order valence-corrected chi connectivity index (χ0v) is 16.0. The third kappa shape index (κ3) is 3.03. The molecule has 1 atom stereocenters. The lowest BCUT2D eigenvalue weighted by Gasteiger charge is -2.42. The lowest BCUT2D eigenvalue weighted by Crippen LogP contribution is -2.52. The maximum Gasteiger partial charge on any atom is 0.242 e. The van der Waals surface area contributed by atoms with Crippen molar-refractivity contribution in [2.75, 3.05) is 26.2 Å². The Balaban J connectivity index is 1.40. The Hall–Kier alpha value is -1.85. The second-order valence-electron chi connectivity index (χ2n) is 8.54. The Morgan fingerprint density at radius 3 is 2.69 bits per heavy atom. The number of piperidine rings is 1.